The first-order valence-electron chi connectivity index (χ1n) is 15.1. The Kier molecular flexibility index (Phi) is 29.3. The predicted octanol–water partition coefficient (Wildman–Crippen LogP) is 9.29. The maximum Gasteiger partial charge on any atom is 0.500 e. The molecule has 0 aromatic carbocycles. The predicted molar refractivity (Wildman–Crippen MR) is 159 cm³/mol. The van der Waals surface area contributed by atoms with Gasteiger partial charge in [-0.25, -0.2) is 0 Å². The van der Waals surface area contributed by atoms with Crippen LogP contribution in [0.1, 0.15) is 137 Å². The molecule has 0 aliphatic rings. The molecule has 0 saturated carbocycles. The van der Waals surface area contributed by atoms with Gasteiger partial charge in [0.1, 0.15) is 0 Å². The lowest BCUT2D eigenvalue weighted by Crippen LogP contribution is -2.46. The van der Waals surface area contributed by atoms with Crippen LogP contribution < -0.4 is 0 Å². The van der Waals surface area contributed by atoms with Gasteiger partial charge in [0.25, 0.3) is 0 Å². The highest BCUT2D eigenvalue weighted by Gasteiger charge is 2.39. The summed E-state index contributed by atoms with van der Waals surface area (Å²) in [4.78, 5) is 2.33. The Morgan fingerprint density at radius 3 is 1.34 bits per heavy atom. The van der Waals surface area contributed by atoms with E-state index in [2.05, 4.69) is 25.9 Å². The highest BCUT2D eigenvalue weighted by atomic mass is 35.5. The third-order valence-electron chi connectivity index (χ3n) is 6.89. The van der Waals surface area contributed by atoms with E-state index in [1.165, 1.54) is 109 Å². The summed E-state index contributed by atoms with van der Waals surface area (Å²) in [5.41, 5.74) is 0. The largest absolute Gasteiger partial charge is 0.500 e. The third-order valence-corrected chi connectivity index (χ3v) is 10.0. The van der Waals surface area contributed by atoms with Crippen LogP contribution in [0.3, 0.4) is 0 Å². The van der Waals surface area contributed by atoms with Crippen molar-refractivity contribution >= 4 is 21.2 Å². The molecule has 0 aliphatic heterocycles. The van der Waals surface area contributed by atoms with Crippen molar-refractivity contribution in [2.75, 3.05) is 40.5 Å². The SMILES string of the molecule is CCCCCCCCCCCCCCCC(CCC[Si](OCC)(OCC)OCC)CCN(C)C.Cl. The summed E-state index contributed by atoms with van der Waals surface area (Å²) < 4.78 is 18.2. The molecule has 0 amide bonds. The molecule has 1 atom stereocenters. The van der Waals surface area contributed by atoms with Crippen molar-refractivity contribution in [1.82, 2.24) is 4.90 Å². The quantitative estimate of drug-likeness (QED) is 0.0771. The zero-order valence-electron chi connectivity index (χ0n) is 24.7. The van der Waals surface area contributed by atoms with Gasteiger partial charge >= 0.3 is 8.80 Å². The summed E-state index contributed by atoms with van der Waals surface area (Å²) in [5.74, 6) is 0.812. The van der Waals surface area contributed by atoms with Gasteiger partial charge in [-0.2, -0.15) is 0 Å². The second-order valence-corrected chi connectivity index (χ2v) is 13.1. The van der Waals surface area contributed by atoms with Gasteiger partial charge in [0, 0.05) is 25.9 Å². The average molecular weight is 538 g/mol. The summed E-state index contributed by atoms with van der Waals surface area (Å²) in [6.07, 6.45) is 23.7. The molecule has 0 bridgehead atoms. The molecule has 0 fully saturated rings. The van der Waals surface area contributed by atoms with Crippen LogP contribution in [0.2, 0.25) is 6.04 Å². The summed E-state index contributed by atoms with van der Waals surface area (Å²) in [6, 6.07) is 0.958. The third kappa shape index (κ3) is 23.2. The highest BCUT2D eigenvalue weighted by molar-refractivity contribution is 6.60. The number of hydrogen-bond acceptors (Lipinski definition) is 4. The number of nitrogens with zero attached hydrogens (tertiary/aromatic N) is 1. The first kappa shape index (κ1) is 37.5. The molecule has 0 rings (SSSR count). The van der Waals surface area contributed by atoms with Crippen molar-refractivity contribution in [1.29, 1.82) is 0 Å². The van der Waals surface area contributed by atoms with Gasteiger partial charge in [0.05, 0.1) is 0 Å². The van der Waals surface area contributed by atoms with Crippen molar-refractivity contribution in [2.45, 2.75) is 143 Å². The fourth-order valence-corrected chi connectivity index (χ4v) is 7.57. The second-order valence-electron chi connectivity index (χ2n) is 10.4. The van der Waals surface area contributed by atoms with E-state index in [1.807, 2.05) is 20.8 Å². The standard InChI is InChI=1S/C29H63NO3Si.ClH/c1-7-11-12-13-14-15-16-17-18-19-20-21-22-24-29(26-27-30(5)6)25-23-28-34(31-8-2,32-9-3)33-10-4;/h29H,7-28H2,1-6H3;1H. The van der Waals surface area contributed by atoms with Gasteiger partial charge in [0.2, 0.25) is 0 Å². The average Bonchev–Trinajstić information content (AvgIpc) is 2.80. The van der Waals surface area contributed by atoms with E-state index in [1.54, 1.807) is 0 Å². The van der Waals surface area contributed by atoms with Crippen LogP contribution in [0.25, 0.3) is 0 Å². The summed E-state index contributed by atoms with van der Waals surface area (Å²) in [6.45, 7) is 11.7. The van der Waals surface area contributed by atoms with Gasteiger partial charge in [-0.15, -0.1) is 12.4 Å². The Morgan fingerprint density at radius 2 is 0.943 bits per heavy atom. The minimum atomic E-state index is -2.49. The molecule has 0 radical (unpaired) electrons. The number of unbranched alkanes of at least 4 members (excludes halogenated alkanes) is 12. The second kappa shape index (κ2) is 27.4. The molecular formula is C29H64ClNO3Si. The molecule has 214 valence electrons. The summed E-state index contributed by atoms with van der Waals surface area (Å²) in [5, 5.41) is 0. The lowest BCUT2D eigenvalue weighted by atomic mass is 9.92. The van der Waals surface area contributed by atoms with Crippen LogP contribution in [0.4, 0.5) is 0 Å². The summed E-state index contributed by atoms with van der Waals surface area (Å²) in [7, 11) is 1.90. The zero-order valence-corrected chi connectivity index (χ0v) is 26.5. The van der Waals surface area contributed by atoms with Gasteiger partial charge in [-0.1, -0.05) is 103 Å². The van der Waals surface area contributed by atoms with Crippen LogP contribution in [0.5, 0.6) is 0 Å². The van der Waals surface area contributed by atoms with Crippen LogP contribution in [0, 0.1) is 5.92 Å². The van der Waals surface area contributed by atoms with Crippen LogP contribution in [-0.2, 0) is 13.3 Å². The van der Waals surface area contributed by atoms with E-state index in [-0.39, 0.29) is 12.4 Å². The minimum Gasteiger partial charge on any atom is -0.374 e. The highest BCUT2D eigenvalue weighted by Crippen LogP contribution is 2.26. The molecular weight excluding hydrogens is 474 g/mol. The zero-order chi connectivity index (χ0) is 25.3. The van der Waals surface area contributed by atoms with Crippen LogP contribution in [-0.4, -0.2) is 54.2 Å². The van der Waals surface area contributed by atoms with E-state index >= 15 is 0 Å². The fourth-order valence-electron chi connectivity index (χ4n) is 4.93. The smallest absolute Gasteiger partial charge is 0.374 e. The lowest BCUT2D eigenvalue weighted by Gasteiger charge is -2.29. The van der Waals surface area contributed by atoms with Crippen molar-refractivity contribution in [2.24, 2.45) is 5.92 Å². The maximum atomic E-state index is 6.06. The van der Waals surface area contributed by atoms with Crippen LogP contribution >= 0.6 is 12.4 Å². The van der Waals surface area contributed by atoms with Gasteiger partial charge < -0.3 is 18.2 Å². The first-order chi connectivity index (χ1) is 16.5. The Bertz CT molecular complexity index is 398. The number of halogens is 1. The Balaban J connectivity index is 0. The normalized spacial score (nSPS) is 12.8. The van der Waals surface area contributed by atoms with Crippen molar-refractivity contribution in [3.8, 4) is 0 Å². The van der Waals surface area contributed by atoms with Gasteiger partial charge in [0.15, 0.2) is 0 Å². The molecule has 0 aliphatic carbocycles. The molecule has 0 N–H and O–H groups in total. The number of rotatable bonds is 27. The molecule has 0 saturated heterocycles. The summed E-state index contributed by atoms with van der Waals surface area (Å²) >= 11 is 0. The molecule has 35 heavy (non-hydrogen) atoms. The van der Waals surface area contributed by atoms with E-state index in [9.17, 15) is 0 Å². The minimum absolute atomic E-state index is 0. The Morgan fingerprint density at radius 1 is 0.543 bits per heavy atom. The molecule has 4 nitrogen and oxygen atoms in total. The molecule has 1 unspecified atom stereocenters. The fraction of sp³-hybridized carbons (Fsp3) is 1.00. The first-order valence-corrected chi connectivity index (χ1v) is 17.0. The van der Waals surface area contributed by atoms with Gasteiger partial charge in [-0.3, -0.25) is 0 Å². The van der Waals surface area contributed by atoms with Gasteiger partial charge in [-0.05, 0) is 60.2 Å². The molecule has 0 aromatic heterocycles. The molecule has 0 heterocycles. The van der Waals surface area contributed by atoms with E-state index < -0.39 is 8.80 Å². The number of hydrogen-bond donors (Lipinski definition) is 0. The van der Waals surface area contributed by atoms with Crippen LogP contribution in [0.15, 0.2) is 0 Å². The van der Waals surface area contributed by atoms with Crippen molar-refractivity contribution in [3.05, 3.63) is 0 Å². The molecule has 0 aromatic rings. The monoisotopic (exact) mass is 537 g/mol. The van der Waals surface area contributed by atoms with E-state index in [0.29, 0.717) is 19.8 Å². The van der Waals surface area contributed by atoms with E-state index in [4.69, 9.17) is 13.3 Å². The van der Waals surface area contributed by atoms with Crippen molar-refractivity contribution < 1.29 is 13.3 Å². The molecule has 6 heteroatoms. The Labute approximate surface area is 228 Å². The van der Waals surface area contributed by atoms with E-state index in [0.717, 1.165) is 18.4 Å². The lowest BCUT2D eigenvalue weighted by molar-refractivity contribution is 0.0702. The topological polar surface area (TPSA) is 30.9 Å². The molecule has 0 spiro atoms. The maximum absolute atomic E-state index is 6.06. The Hall–Kier alpha value is 0.347. The van der Waals surface area contributed by atoms with Crippen molar-refractivity contribution in [3.63, 3.8) is 0 Å².